The van der Waals surface area contributed by atoms with Crippen LogP contribution < -0.4 is 14.8 Å². The number of carbonyl (C=O) groups excluding carboxylic acids is 1. The van der Waals surface area contributed by atoms with E-state index in [2.05, 4.69) is 55.6 Å². The van der Waals surface area contributed by atoms with Gasteiger partial charge < -0.3 is 14.8 Å². The molecule has 0 spiro atoms. The first-order valence-corrected chi connectivity index (χ1v) is 10.7. The molecule has 0 unspecified atom stereocenters. The van der Waals surface area contributed by atoms with Crippen molar-refractivity contribution in [2.75, 3.05) is 19.5 Å². The van der Waals surface area contributed by atoms with Gasteiger partial charge in [0.15, 0.2) is 17.3 Å². The van der Waals surface area contributed by atoms with Gasteiger partial charge >= 0.3 is 0 Å². The van der Waals surface area contributed by atoms with E-state index >= 15 is 0 Å². The third-order valence-corrected chi connectivity index (χ3v) is 6.50. The summed E-state index contributed by atoms with van der Waals surface area (Å²) in [5, 5.41) is 6.04. The molecule has 3 aromatic carbocycles. The second-order valence-corrected chi connectivity index (χ2v) is 9.26. The number of hydrogen-bond acceptors (Lipinski definition) is 4. The number of rotatable bonds is 3. The summed E-state index contributed by atoms with van der Waals surface area (Å²) < 4.78 is 11.0. The molecule has 31 heavy (non-hydrogen) atoms. The van der Waals surface area contributed by atoms with Crippen LogP contribution >= 0.6 is 0 Å². The van der Waals surface area contributed by atoms with Crippen LogP contribution in [0.5, 0.6) is 11.5 Å². The summed E-state index contributed by atoms with van der Waals surface area (Å²) in [5.74, 6) is 1.44. The van der Waals surface area contributed by atoms with Crippen molar-refractivity contribution in [3.8, 4) is 11.5 Å². The zero-order valence-electron chi connectivity index (χ0n) is 18.4. The zero-order chi connectivity index (χ0) is 21.8. The van der Waals surface area contributed by atoms with Crippen LogP contribution in [0.25, 0.3) is 10.8 Å². The standard InChI is InChI=1S/C27H27NO3/c1-27(2)14-20-25(21(29)15-27)24(17-10-12-22(30-3)23(13-17)31-4)19-11-9-16-7-5-6-8-18(16)26(19)28-20/h5-13,24,28H,14-15H2,1-4H3/t24-/m1/s1. The summed E-state index contributed by atoms with van der Waals surface area (Å²) in [6.07, 6.45) is 1.40. The molecular weight excluding hydrogens is 386 g/mol. The van der Waals surface area contributed by atoms with Crippen molar-refractivity contribution in [1.29, 1.82) is 0 Å². The first-order chi connectivity index (χ1) is 14.9. The van der Waals surface area contributed by atoms with E-state index in [1.807, 2.05) is 18.2 Å². The maximum atomic E-state index is 13.4. The minimum atomic E-state index is -0.140. The van der Waals surface area contributed by atoms with Gasteiger partial charge in [0.1, 0.15) is 0 Å². The highest BCUT2D eigenvalue weighted by atomic mass is 16.5. The summed E-state index contributed by atoms with van der Waals surface area (Å²) >= 11 is 0. The highest BCUT2D eigenvalue weighted by Crippen LogP contribution is 2.51. The Morgan fingerprint density at radius 3 is 2.48 bits per heavy atom. The number of fused-ring (bicyclic) bond motifs is 3. The monoisotopic (exact) mass is 413 g/mol. The van der Waals surface area contributed by atoms with Crippen LogP contribution in [-0.4, -0.2) is 20.0 Å². The SMILES string of the molecule is COc1ccc([C@H]2C3=C(CC(C)(C)CC3=O)Nc3c2ccc2ccccc32)cc1OC. The van der Waals surface area contributed by atoms with Gasteiger partial charge in [0.25, 0.3) is 0 Å². The largest absolute Gasteiger partial charge is 0.493 e. The molecule has 158 valence electrons. The van der Waals surface area contributed by atoms with Gasteiger partial charge in [-0.1, -0.05) is 56.3 Å². The molecule has 0 aromatic heterocycles. The maximum Gasteiger partial charge on any atom is 0.162 e. The third-order valence-electron chi connectivity index (χ3n) is 6.50. The second-order valence-electron chi connectivity index (χ2n) is 9.26. The number of hydrogen-bond donors (Lipinski definition) is 1. The molecule has 4 heteroatoms. The minimum Gasteiger partial charge on any atom is -0.493 e. The maximum absolute atomic E-state index is 13.4. The van der Waals surface area contributed by atoms with E-state index < -0.39 is 0 Å². The average Bonchev–Trinajstić information content (AvgIpc) is 2.76. The Labute approximate surface area is 182 Å². The minimum absolute atomic E-state index is 0.0623. The highest BCUT2D eigenvalue weighted by molar-refractivity contribution is 6.05. The molecule has 1 aliphatic carbocycles. The van der Waals surface area contributed by atoms with Crippen molar-refractivity contribution in [1.82, 2.24) is 0 Å². The topological polar surface area (TPSA) is 47.6 Å². The first-order valence-electron chi connectivity index (χ1n) is 10.7. The molecule has 0 saturated heterocycles. The van der Waals surface area contributed by atoms with Crippen LogP contribution in [0.15, 0.2) is 65.9 Å². The Morgan fingerprint density at radius 1 is 0.935 bits per heavy atom. The van der Waals surface area contributed by atoms with Crippen molar-refractivity contribution in [2.24, 2.45) is 5.41 Å². The summed E-state index contributed by atoms with van der Waals surface area (Å²) in [4.78, 5) is 13.4. The van der Waals surface area contributed by atoms with E-state index in [4.69, 9.17) is 9.47 Å². The number of Topliss-reactive ketones (excluding diaryl/α,β-unsaturated/α-hetero) is 1. The van der Waals surface area contributed by atoms with Crippen molar-refractivity contribution in [3.63, 3.8) is 0 Å². The van der Waals surface area contributed by atoms with Gasteiger partial charge in [-0.15, -0.1) is 0 Å². The van der Waals surface area contributed by atoms with Crippen LogP contribution in [0, 0.1) is 5.41 Å². The molecule has 2 aliphatic rings. The van der Waals surface area contributed by atoms with Crippen molar-refractivity contribution in [2.45, 2.75) is 32.6 Å². The van der Waals surface area contributed by atoms with Crippen LogP contribution in [-0.2, 0) is 4.79 Å². The number of benzene rings is 3. The quantitative estimate of drug-likeness (QED) is 0.567. The molecule has 5 rings (SSSR count). The van der Waals surface area contributed by atoms with Gasteiger partial charge in [0, 0.05) is 29.0 Å². The predicted octanol–water partition coefficient (Wildman–Crippen LogP) is 6.06. The molecule has 0 saturated carbocycles. The zero-order valence-corrected chi connectivity index (χ0v) is 18.4. The number of carbonyl (C=O) groups is 1. The number of ether oxygens (including phenoxy) is 2. The van der Waals surface area contributed by atoms with Crippen molar-refractivity contribution < 1.29 is 14.3 Å². The van der Waals surface area contributed by atoms with Gasteiger partial charge in [-0.2, -0.15) is 0 Å². The molecule has 0 radical (unpaired) electrons. The highest BCUT2D eigenvalue weighted by Gasteiger charge is 2.41. The summed E-state index contributed by atoms with van der Waals surface area (Å²) in [6.45, 7) is 4.33. The van der Waals surface area contributed by atoms with Gasteiger partial charge in [-0.3, -0.25) is 4.79 Å². The Morgan fingerprint density at radius 2 is 1.71 bits per heavy atom. The number of methoxy groups -OCH3 is 2. The predicted molar refractivity (Wildman–Crippen MR) is 124 cm³/mol. The Hall–Kier alpha value is -3.27. The van der Waals surface area contributed by atoms with Gasteiger partial charge in [-0.25, -0.2) is 0 Å². The Balaban J connectivity index is 1.78. The number of anilines is 1. The van der Waals surface area contributed by atoms with E-state index in [0.717, 1.165) is 34.5 Å². The van der Waals surface area contributed by atoms with Crippen LogP contribution in [0.1, 0.15) is 43.7 Å². The molecule has 1 N–H and O–H groups in total. The number of allylic oxidation sites excluding steroid dienone is 2. The Bertz CT molecular complexity index is 1240. The first kappa shape index (κ1) is 19.7. The van der Waals surface area contributed by atoms with Gasteiger partial charge in [-0.05, 0) is 40.5 Å². The van der Waals surface area contributed by atoms with Gasteiger partial charge in [0.05, 0.1) is 19.9 Å². The lowest BCUT2D eigenvalue weighted by Gasteiger charge is -2.40. The average molecular weight is 414 g/mol. The summed E-state index contributed by atoms with van der Waals surface area (Å²) in [5.41, 5.74) is 5.13. The van der Waals surface area contributed by atoms with Crippen molar-refractivity contribution >= 4 is 22.2 Å². The van der Waals surface area contributed by atoms with E-state index in [0.29, 0.717) is 17.9 Å². The van der Waals surface area contributed by atoms with Crippen LogP contribution in [0.4, 0.5) is 5.69 Å². The van der Waals surface area contributed by atoms with Crippen LogP contribution in [0.2, 0.25) is 0 Å². The molecule has 3 aromatic rings. The lowest BCUT2D eigenvalue weighted by Crippen LogP contribution is -2.33. The molecule has 0 fully saturated rings. The second kappa shape index (κ2) is 7.16. The van der Waals surface area contributed by atoms with E-state index in [9.17, 15) is 4.79 Å². The lowest BCUT2D eigenvalue weighted by atomic mass is 9.68. The lowest BCUT2D eigenvalue weighted by molar-refractivity contribution is -0.118. The van der Waals surface area contributed by atoms with E-state index in [-0.39, 0.29) is 17.1 Å². The molecule has 1 atom stereocenters. The normalized spacial score (nSPS) is 19.5. The molecule has 4 nitrogen and oxygen atoms in total. The third kappa shape index (κ3) is 3.18. The van der Waals surface area contributed by atoms with E-state index in [1.54, 1.807) is 14.2 Å². The molecule has 0 amide bonds. The molecule has 1 heterocycles. The number of ketones is 1. The fourth-order valence-corrected chi connectivity index (χ4v) is 5.13. The van der Waals surface area contributed by atoms with Crippen LogP contribution in [0.3, 0.4) is 0 Å². The molecular formula is C27H27NO3. The molecule has 1 aliphatic heterocycles. The van der Waals surface area contributed by atoms with Gasteiger partial charge in [0.2, 0.25) is 0 Å². The Kier molecular flexibility index (Phi) is 4.54. The molecule has 0 bridgehead atoms. The van der Waals surface area contributed by atoms with Crippen molar-refractivity contribution in [3.05, 3.63) is 77.0 Å². The number of nitrogens with one attached hydrogen (secondary N) is 1. The summed E-state index contributed by atoms with van der Waals surface area (Å²) in [6, 6.07) is 18.7. The fraction of sp³-hybridized carbons (Fsp3) is 0.296. The fourth-order valence-electron chi connectivity index (χ4n) is 5.13. The summed E-state index contributed by atoms with van der Waals surface area (Å²) in [7, 11) is 3.28. The van der Waals surface area contributed by atoms with E-state index in [1.165, 1.54) is 10.8 Å². The smallest absolute Gasteiger partial charge is 0.162 e.